The number of carbonyl (C=O) groups excluding carboxylic acids is 1. The van der Waals surface area contributed by atoms with Crippen LogP contribution in [0.25, 0.3) is 0 Å². The monoisotopic (exact) mass is 239 g/mol. The molecule has 2 rings (SSSR count). The van der Waals surface area contributed by atoms with Gasteiger partial charge in [-0.3, -0.25) is 4.90 Å². The lowest BCUT2D eigenvalue weighted by Gasteiger charge is -2.12. The summed E-state index contributed by atoms with van der Waals surface area (Å²) < 4.78 is 5.20. The lowest BCUT2D eigenvalue weighted by atomic mass is 10.2. The number of cyclic esters (lactones) is 1. The molecule has 1 aromatic rings. The van der Waals surface area contributed by atoms with Crippen molar-refractivity contribution in [3.05, 3.63) is 29.8 Å². The number of benzene rings is 1. The van der Waals surface area contributed by atoms with Gasteiger partial charge in [0.25, 0.3) is 0 Å². The van der Waals surface area contributed by atoms with Crippen LogP contribution in [0.15, 0.2) is 24.3 Å². The van der Waals surface area contributed by atoms with E-state index in [1.807, 2.05) is 31.2 Å². The molecule has 1 saturated heterocycles. The second kappa shape index (κ2) is 4.74. The first kappa shape index (κ1) is 11.3. The normalized spacial score (nSPS) is 20.0. The van der Waals surface area contributed by atoms with E-state index in [-0.39, 0.29) is 12.2 Å². The van der Waals surface area contributed by atoms with Crippen molar-refractivity contribution in [1.29, 1.82) is 0 Å². The minimum Gasteiger partial charge on any atom is -0.444 e. The molecule has 1 aliphatic rings. The summed E-state index contributed by atoms with van der Waals surface area (Å²) >= 11 is 5.63. The number of anilines is 1. The summed E-state index contributed by atoms with van der Waals surface area (Å²) in [6.07, 6.45) is 0.348. The minimum absolute atomic E-state index is 0.0775. The number of amides is 1. The molecule has 1 heterocycles. The highest BCUT2D eigenvalue weighted by atomic mass is 35.5. The van der Waals surface area contributed by atoms with Crippen LogP contribution in [-0.2, 0) is 4.74 Å². The van der Waals surface area contributed by atoms with Crippen LogP contribution in [0.1, 0.15) is 12.0 Å². The Morgan fingerprint density at radius 1 is 1.44 bits per heavy atom. The quantitative estimate of drug-likeness (QED) is 0.759. The second-order valence-corrected chi connectivity index (χ2v) is 4.31. The molecule has 0 saturated carbocycles. The first-order valence-electron chi connectivity index (χ1n) is 5.31. The third-order valence-corrected chi connectivity index (χ3v) is 2.87. The van der Waals surface area contributed by atoms with Crippen LogP contribution in [0.4, 0.5) is 10.5 Å². The summed E-state index contributed by atoms with van der Waals surface area (Å²) in [5.74, 6) is 0.514. The van der Waals surface area contributed by atoms with E-state index < -0.39 is 0 Å². The van der Waals surface area contributed by atoms with E-state index in [1.54, 1.807) is 4.90 Å². The number of aryl methyl sites for hydroxylation is 1. The summed E-state index contributed by atoms with van der Waals surface area (Å²) in [6.45, 7) is 2.61. The molecule has 0 spiro atoms. The summed E-state index contributed by atoms with van der Waals surface area (Å²) in [5.41, 5.74) is 2.06. The molecule has 86 valence electrons. The average molecular weight is 240 g/mol. The number of ether oxygens (including phenoxy) is 1. The zero-order valence-corrected chi connectivity index (χ0v) is 9.91. The molecule has 1 aliphatic heterocycles. The van der Waals surface area contributed by atoms with Crippen LogP contribution >= 0.6 is 11.6 Å². The van der Waals surface area contributed by atoms with E-state index in [1.165, 1.54) is 5.56 Å². The van der Waals surface area contributed by atoms with Crippen LogP contribution in [0.2, 0.25) is 0 Å². The maximum atomic E-state index is 11.6. The van der Waals surface area contributed by atoms with Gasteiger partial charge in [-0.05, 0) is 25.5 Å². The van der Waals surface area contributed by atoms with Crippen LogP contribution in [0.5, 0.6) is 0 Å². The Morgan fingerprint density at radius 3 is 2.75 bits per heavy atom. The van der Waals surface area contributed by atoms with Crippen LogP contribution in [0, 0.1) is 6.92 Å². The van der Waals surface area contributed by atoms with Crippen LogP contribution in [-0.4, -0.2) is 24.6 Å². The number of carbonyl (C=O) groups is 1. The Labute approximate surface area is 100.0 Å². The van der Waals surface area contributed by atoms with Gasteiger partial charge >= 0.3 is 6.09 Å². The third kappa shape index (κ3) is 2.30. The maximum absolute atomic E-state index is 11.6. The van der Waals surface area contributed by atoms with Gasteiger partial charge < -0.3 is 4.74 Å². The Morgan fingerprint density at radius 2 is 2.12 bits per heavy atom. The zero-order valence-electron chi connectivity index (χ0n) is 9.15. The molecule has 1 amide bonds. The van der Waals surface area contributed by atoms with Gasteiger partial charge in [0.2, 0.25) is 0 Å². The van der Waals surface area contributed by atoms with Crippen molar-refractivity contribution < 1.29 is 9.53 Å². The topological polar surface area (TPSA) is 29.5 Å². The van der Waals surface area contributed by atoms with E-state index in [9.17, 15) is 4.79 Å². The summed E-state index contributed by atoms with van der Waals surface area (Å²) in [4.78, 5) is 13.3. The molecule has 4 heteroatoms. The number of alkyl halides is 1. The average Bonchev–Trinajstić information content (AvgIpc) is 2.61. The second-order valence-electron chi connectivity index (χ2n) is 3.93. The molecule has 1 fully saturated rings. The van der Waals surface area contributed by atoms with Gasteiger partial charge in [0.15, 0.2) is 0 Å². The predicted molar refractivity (Wildman–Crippen MR) is 64.1 cm³/mol. The van der Waals surface area contributed by atoms with Crippen molar-refractivity contribution in [2.24, 2.45) is 0 Å². The van der Waals surface area contributed by atoms with E-state index >= 15 is 0 Å². The molecule has 1 unspecified atom stereocenters. The van der Waals surface area contributed by atoms with Crippen molar-refractivity contribution in [2.45, 2.75) is 19.4 Å². The van der Waals surface area contributed by atoms with Crippen LogP contribution < -0.4 is 4.90 Å². The Hall–Kier alpha value is -1.22. The maximum Gasteiger partial charge on any atom is 0.414 e. The van der Waals surface area contributed by atoms with Crippen molar-refractivity contribution in [1.82, 2.24) is 0 Å². The van der Waals surface area contributed by atoms with Crippen molar-refractivity contribution in [3.63, 3.8) is 0 Å². The molecule has 1 aromatic carbocycles. The van der Waals surface area contributed by atoms with Gasteiger partial charge in [-0.15, -0.1) is 11.6 Å². The molecule has 0 radical (unpaired) electrons. The third-order valence-electron chi connectivity index (χ3n) is 2.65. The van der Waals surface area contributed by atoms with Gasteiger partial charge in [-0.25, -0.2) is 4.79 Å². The fraction of sp³-hybridized carbons (Fsp3) is 0.417. The van der Waals surface area contributed by atoms with E-state index in [0.717, 1.165) is 5.69 Å². The van der Waals surface area contributed by atoms with Crippen molar-refractivity contribution >= 4 is 23.4 Å². The number of halogens is 1. The van der Waals surface area contributed by atoms with Gasteiger partial charge in [-0.2, -0.15) is 0 Å². The lowest BCUT2D eigenvalue weighted by molar-refractivity contribution is 0.140. The number of hydrogen-bond donors (Lipinski definition) is 0. The molecular formula is C12H14ClNO2. The summed E-state index contributed by atoms with van der Waals surface area (Å²) in [5, 5.41) is 0. The van der Waals surface area contributed by atoms with Crippen LogP contribution in [0.3, 0.4) is 0 Å². The molecule has 3 nitrogen and oxygen atoms in total. The van der Waals surface area contributed by atoms with E-state index in [0.29, 0.717) is 18.8 Å². The van der Waals surface area contributed by atoms with E-state index in [4.69, 9.17) is 16.3 Å². The zero-order chi connectivity index (χ0) is 11.5. The van der Waals surface area contributed by atoms with E-state index in [2.05, 4.69) is 0 Å². The summed E-state index contributed by atoms with van der Waals surface area (Å²) in [6, 6.07) is 7.83. The molecule has 0 bridgehead atoms. The van der Waals surface area contributed by atoms with Crippen molar-refractivity contribution in [2.75, 3.05) is 17.3 Å². The standard InChI is InChI=1S/C12H14ClNO2/c1-9-2-4-10(5-3-9)14-8-11(6-7-13)16-12(14)15/h2-5,11H,6-8H2,1H3. The number of hydrogen-bond acceptors (Lipinski definition) is 2. The van der Waals surface area contributed by atoms with Gasteiger partial charge in [0, 0.05) is 11.6 Å². The predicted octanol–water partition coefficient (Wildman–Crippen LogP) is 2.95. The largest absolute Gasteiger partial charge is 0.444 e. The smallest absolute Gasteiger partial charge is 0.414 e. The molecule has 1 atom stereocenters. The summed E-state index contributed by atoms with van der Waals surface area (Å²) in [7, 11) is 0. The SMILES string of the molecule is Cc1ccc(N2CC(CCCl)OC2=O)cc1. The minimum atomic E-state index is -0.279. The first-order valence-corrected chi connectivity index (χ1v) is 5.85. The number of nitrogens with zero attached hydrogens (tertiary/aromatic N) is 1. The highest BCUT2D eigenvalue weighted by Crippen LogP contribution is 2.23. The van der Waals surface area contributed by atoms with Gasteiger partial charge in [0.1, 0.15) is 6.10 Å². The fourth-order valence-electron chi connectivity index (χ4n) is 1.73. The highest BCUT2D eigenvalue weighted by Gasteiger charge is 2.31. The number of rotatable bonds is 3. The van der Waals surface area contributed by atoms with Gasteiger partial charge in [-0.1, -0.05) is 17.7 Å². The van der Waals surface area contributed by atoms with Gasteiger partial charge in [0.05, 0.1) is 6.54 Å². The Bertz CT molecular complexity index is 377. The Balaban J connectivity index is 2.10. The molecule has 0 aromatic heterocycles. The van der Waals surface area contributed by atoms with Crippen molar-refractivity contribution in [3.8, 4) is 0 Å². The lowest BCUT2D eigenvalue weighted by Crippen LogP contribution is -2.24. The molecule has 0 aliphatic carbocycles. The highest BCUT2D eigenvalue weighted by molar-refractivity contribution is 6.17. The first-order chi connectivity index (χ1) is 7.70. The fourth-order valence-corrected chi connectivity index (χ4v) is 1.97. The molecule has 16 heavy (non-hydrogen) atoms. The Kier molecular flexibility index (Phi) is 3.34. The molecular weight excluding hydrogens is 226 g/mol. The molecule has 0 N–H and O–H groups in total.